The van der Waals surface area contributed by atoms with E-state index in [9.17, 15) is 4.79 Å². The quantitative estimate of drug-likeness (QED) is 0.220. The number of carbonyl (C=O) groups excluding carboxylic acids is 1. The SMILES string of the molecule is CCCNC(=O)c1cccc(CNC(=NC)NCc2ccccc2-n2nc(C)cc2C)c1.I. The Bertz CT molecular complexity index is 1090. The van der Waals surface area contributed by atoms with Gasteiger partial charge in [0, 0.05) is 37.9 Å². The molecule has 176 valence electrons. The Labute approximate surface area is 213 Å². The molecule has 0 spiro atoms. The molecule has 0 aliphatic carbocycles. The maximum absolute atomic E-state index is 12.2. The number of nitrogens with one attached hydrogen (secondary N) is 3. The van der Waals surface area contributed by atoms with Crippen molar-refractivity contribution in [3.63, 3.8) is 0 Å². The molecule has 0 unspecified atom stereocenters. The standard InChI is InChI=1S/C25H32N6O.HI/c1-5-13-27-24(32)21-11-8-9-20(15-21)16-28-25(26-4)29-17-22-10-6-7-12-23(22)31-19(3)14-18(2)30-31;/h6-12,14-15H,5,13,16-17H2,1-4H3,(H,27,32)(H2,26,28,29);1H. The second-order valence-corrected chi connectivity index (χ2v) is 7.70. The number of hydrogen-bond donors (Lipinski definition) is 3. The van der Waals surface area contributed by atoms with Crippen molar-refractivity contribution in [2.75, 3.05) is 13.6 Å². The van der Waals surface area contributed by atoms with Crippen molar-refractivity contribution in [3.8, 4) is 5.69 Å². The second kappa shape index (κ2) is 13.0. The summed E-state index contributed by atoms with van der Waals surface area (Å²) in [5.74, 6) is 0.644. The molecular formula is C25H33IN6O. The fourth-order valence-corrected chi connectivity index (χ4v) is 3.49. The predicted octanol–water partition coefficient (Wildman–Crippen LogP) is 4.11. The first kappa shape index (κ1) is 26.4. The molecule has 3 aromatic rings. The van der Waals surface area contributed by atoms with Crippen molar-refractivity contribution in [3.05, 3.63) is 82.7 Å². The maximum Gasteiger partial charge on any atom is 0.251 e. The summed E-state index contributed by atoms with van der Waals surface area (Å²) < 4.78 is 1.97. The first-order valence-corrected chi connectivity index (χ1v) is 10.9. The monoisotopic (exact) mass is 560 g/mol. The minimum Gasteiger partial charge on any atom is -0.352 e. The summed E-state index contributed by atoms with van der Waals surface area (Å²) in [6.45, 7) is 7.94. The molecule has 3 N–H and O–H groups in total. The van der Waals surface area contributed by atoms with E-state index in [0.717, 1.165) is 34.6 Å². The number of halogens is 1. The molecule has 1 aromatic heterocycles. The maximum atomic E-state index is 12.2. The van der Waals surface area contributed by atoms with E-state index in [0.29, 0.717) is 31.2 Å². The molecular weight excluding hydrogens is 527 g/mol. The highest BCUT2D eigenvalue weighted by Gasteiger charge is 2.10. The molecule has 1 heterocycles. The van der Waals surface area contributed by atoms with Gasteiger partial charge in [0.05, 0.1) is 11.4 Å². The third-order valence-electron chi connectivity index (χ3n) is 5.08. The van der Waals surface area contributed by atoms with Crippen LogP contribution in [0, 0.1) is 13.8 Å². The summed E-state index contributed by atoms with van der Waals surface area (Å²) in [5.41, 5.74) is 5.94. The molecule has 7 nitrogen and oxygen atoms in total. The van der Waals surface area contributed by atoms with Crippen LogP contribution in [-0.2, 0) is 13.1 Å². The van der Waals surface area contributed by atoms with E-state index < -0.39 is 0 Å². The number of benzene rings is 2. The van der Waals surface area contributed by atoms with Crippen LogP contribution in [0.1, 0.15) is 46.2 Å². The molecule has 33 heavy (non-hydrogen) atoms. The molecule has 2 aromatic carbocycles. The number of rotatable bonds is 8. The third kappa shape index (κ3) is 7.31. The first-order valence-electron chi connectivity index (χ1n) is 10.9. The van der Waals surface area contributed by atoms with Crippen LogP contribution >= 0.6 is 24.0 Å². The molecule has 0 atom stereocenters. The van der Waals surface area contributed by atoms with Crippen molar-refractivity contribution >= 4 is 35.8 Å². The van der Waals surface area contributed by atoms with Crippen LogP contribution in [0.15, 0.2) is 59.6 Å². The predicted molar refractivity (Wildman–Crippen MR) is 145 cm³/mol. The molecule has 0 aliphatic rings. The van der Waals surface area contributed by atoms with Gasteiger partial charge in [-0.05, 0) is 55.7 Å². The van der Waals surface area contributed by atoms with Crippen molar-refractivity contribution in [2.24, 2.45) is 4.99 Å². The van der Waals surface area contributed by atoms with Crippen LogP contribution in [0.2, 0.25) is 0 Å². The highest BCUT2D eigenvalue weighted by atomic mass is 127. The molecule has 0 saturated heterocycles. The van der Waals surface area contributed by atoms with Crippen molar-refractivity contribution in [1.82, 2.24) is 25.7 Å². The van der Waals surface area contributed by atoms with Gasteiger partial charge < -0.3 is 16.0 Å². The van der Waals surface area contributed by atoms with Gasteiger partial charge in [0.1, 0.15) is 0 Å². The van der Waals surface area contributed by atoms with Gasteiger partial charge in [-0.15, -0.1) is 24.0 Å². The van der Waals surface area contributed by atoms with Gasteiger partial charge >= 0.3 is 0 Å². The Morgan fingerprint density at radius 3 is 2.45 bits per heavy atom. The highest BCUT2D eigenvalue weighted by Crippen LogP contribution is 2.17. The molecule has 0 aliphatic heterocycles. The average molecular weight is 560 g/mol. The van der Waals surface area contributed by atoms with Gasteiger partial charge in [-0.25, -0.2) is 4.68 Å². The topological polar surface area (TPSA) is 83.3 Å². The minimum absolute atomic E-state index is 0. The molecule has 0 saturated carbocycles. The zero-order valence-electron chi connectivity index (χ0n) is 19.7. The lowest BCUT2D eigenvalue weighted by atomic mass is 10.1. The number of nitrogens with zero attached hydrogens (tertiary/aromatic N) is 3. The van der Waals surface area contributed by atoms with E-state index in [1.807, 2.05) is 54.9 Å². The second-order valence-electron chi connectivity index (χ2n) is 7.70. The van der Waals surface area contributed by atoms with E-state index in [-0.39, 0.29) is 29.9 Å². The number of para-hydroxylation sites is 1. The number of carbonyl (C=O) groups is 1. The van der Waals surface area contributed by atoms with E-state index in [1.165, 1.54) is 0 Å². The van der Waals surface area contributed by atoms with E-state index in [1.54, 1.807) is 7.05 Å². The largest absolute Gasteiger partial charge is 0.352 e. The van der Waals surface area contributed by atoms with E-state index in [2.05, 4.69) is 51.2 Å². The fourth-order valence-electron chi connectivity index (χ4n) is 3.49. The average Bonchev–Trinajstić information content (AvgIpc) is 3.15. The lowest BCUT2D eigenvalue weighted by Crippen LogP contribution is -2.36. The molecule has 1 amide bonds. The van der Waals surface area contributed by atoms with Crippen LogP contribution in [0.3, 0.4) is 0 Å². The van der Waals surface area contributed by atoms with Gasteiger partial charge in [-0.3, -0.25) is 9.79 Å². The number of aryl methyl sites for hydroxylation is 2. The Kier molecular flexibility index (Phi) is 10.4. The van der Waals surface area contributed by atoms with E-state index >= 15 is 0 Å². The van der Waals surface area contributed by atoms with Crippen molar-refractivity contribution in [2.45, 2.75) is 40.3 Å². The fraction of sp³-hybridized carbons (Fsp3) is 0.320. The number of aliphatic imine (C=N–C) groups is 1. The lowest BCUT2D eigenvalue weighted by Gasteiger charge is -2.15. The van der Waals surface area contributed by atoms with Gasteiger partial charge in [-0.2, -0.15) is 5.10 Å². The summed E-state index contributed by atoms with van der Waals surface area (Å²) in [4.78, 5) is 16.5. The number of guanidine groups is 1. The van der Waals surface area contributed by atoms with Crippen molar-refractivity contribution < 1.29 is 4.79 Å². The van der Waals surface area contributed by atoms with Gasteiger partial charge in [0.25, 0.3) is 5.91 Å². The smallest absolute Gasteiger partial charge is 0.251 e. The zero-order chi connectivity index (χ0) is 22.9. The molecule has 0 bridgehead atoms. The molecule has 0 radical (unpaired) electrons. The summed E-state index contributed by atoms with van der Waals surface area (Å²) in [6.07, 6.45) is 0.914. The Hall–Kier alpha value is -2.88. The number of hydrogen-bond acceptors (Lipinski definition) is 3. The molecule has 0 fully saturated rings. The molecule has 3 rings (SSSR count). The van der Waals surface area contributed by atoms with Crippen LogP contribution in [0.5, 0.6) is 0 Å². The lowest BCUT2D eigenvalue weighted by molar-refractivity contribution is 0.0953. The Balaban J connectivity index is 0.00000385. The highest BCUT2D eigenvalue weighted by molar-refractivity contribution is 14.0. The summed E-state index contributed by atoms with van der Waals surface area (Å²) >= 11 is 0. The third-order valence-corrected chi connectivity index (χ3v) is 5.08. The summed E-state index contributed by atoms with van der Waals surface area (Å²) in [6, 6.07) is 17.9. The zero-order valence-corrected chi connectivity index (χ0v) is 22.0. The number of amides is 1. The van der Waals surface area contributed by atoms with Crippen LogP contribution in [0.25, 0.3) is 5.69 Å². The first-order chi connectivity index (χ1) is 15.5. The Morgan fingerprint density at radius 2 is 1.76 bits per heavy atom. The minimum atomic E-state index is -0.0445. The Morgan fingerprint density at radius 1 is 1.00 bits per heavy atom. The summed E-state index contributed by atoms with van der Waals surface area (Å²) in [7, 11) is 1.75. The number of aromatic nitrogens is 2. The van der Waals surface area contributed by atoms with Crippen LogP contribution < -0.4 is 16.0 Å². The van der Waals surface area contributed by atoms with Crippen LogP contribution in [0.4, 0.5) is 0 Å². The van der Waals surface area contributed by atoms with Gasteiger partial charge in [-0.1, -0.05) is 37.3 Å². The normalized spacial score (nSPS) is 11.0. The van der Waals surface area contributed by atoms with Gasteiger partial charge in [0.2, 0.25) is 0 Å². The van der Waals surface area contributed by atoms with Crippen LogP contribution in [-0.4, -0.2) is 35.2 Å². The van der Waals surface area contributed by atoms with Gasteiger partial charge in [0.15, 0.2) is 5.96 Å². The summed E-state index contributed by atoms with van der Waals surface area (Å²) in [5, 5.41) is 14.2. The van der Waals surface area contributed by atoms with Crippen molar-refractivity contribution in [1.29, 1.82) is 0 Å². The van der Waals surface area contributed by atoms with E-state index in [4.69, 9.17) is 0 Å². The molecule has 8 heteroatoms.